The van der Waals surface area contributed by atoms with Crippen LogP contribution in [0.25, 0.3) is 0 Å². The molecule has 17 heavy (non-hydrogen) atoms. The van der Waals surface area contributed by atoms with Gasteiger partial charge in [-0.1, -0.05) is 35.5 Å². The number of hydrogen-bond acceptors (Lipinski definition) is 3. The standard InChI is InChI=1S/C13H12N2O2/c16-13-8-6-9(14-13)12-10(8)11(15-17-12)7-4-2-1-3-5-7/h1-5,8-10,12H,6H2,(H,14,16)/t8-,9+,10-,12-/m1/s1. The summed E-state index contributed by atoms with van der Waals surface area (Å²) in [6.45, 7) is 0. The molecule has 2 heterocycles. The number of hydrogen-bond donors (Lipinski definition) is 1. The van der Waals surface area contributed by atoms with E-state index < -0.39 is 0 Å². The van der Waals surface area contributed by atoms with E-state index in [4.69, 9.17) is 4.84 Å². The van der Waals surface area contributed by atoms with Crippen molar-refractivity contribution in [2.45, 2.75) is 18.6 Å². The monoisotopic (exact) mass is 228 g/mol. The molecule has 4 rings (SSSR count). The number of carbonyl (C=O) groups is 1. The highest BCUT2D eigenvalue weighted by molar-refractivity contribution is 6.06. The molecule has 1 N–H and O–H groups in total. The highest BCUT2D eigenvalue weighted by Crippen LogP contribution is 2.44. The number of piperidine rings is 1. The van der Waals surface area contributed by atoms with Crippen LogP contribution in [0.4, 0.5) is 0 Å². The quantitative estimate of drug-likeness (QED) is 0.777. The van der Waals surface area contributed by atoms with Gasteiger partial charge in [-0.25, -0.2) is 0 Å². The molecule has 0 aromatic heterocycles. The summed E-state index contributed by atoms with van der Waals surface area (Å²) < 4.78 is 0. The summed E-state index contributed by atoms with van der Waals surface area (Å²) in [6.07, 6.45) is 0.938. The third-order valence-electron chi connectivity index (χ3n) is 4.01. The van der Waals surface area contributed by atoms with Crippen LogP contribution in [0.3, 0.4) is 0 Å². The molecule has 1 saturated carbocycles. The zero-order valence-electron chi connectivity index (χ0n) is 9.17. The first-order valence-electron chi connectivity index (χ1n) is 5.94. The summed E-state index contributed by atoms with van der Waals surface area (Å²) in [5.41, 5.74) is 2.01. The van der Waals surface area contributed by atoms with Gasteiger partial charge < -0.3 is 10.2 Å². The Kier molecular flexibility index (Phi) is 1.68. The second-order valence-corrected chi connectivity index (χ2v) is 4.90. The molecule has 0 spiro atoms. The minimum Gasteiger partial charge on any atom is -0.389 e. The number of benzene rings is 1. The molecule has 1 aromatic carbocycles. The van der Waals surface area contributed by atoms with Gasteiger partial charge in [0.15, 0.2) is 6.10 Å². The minimum atomic E-state index is 0.0476. The lowest BCUT2D eigenvalue weighted by Crippen LogP contribution is -2.46. The van der Waals surface area contributed by atoms with Gasteiger partial charge in [0.2, 0.25) is 5.91 Å². The largest absolute Gasteiger partial charge is 0.389 e. The fourth-order valence-corrected chi connectivity index (χ4v) is 3.25. The molecule has 0 unspecified atom stereocenters. The third-order valence-corrected chi connectivity index (χ3v) is 4.01. The van der Waals surface area contributed by atoms with Crippen LogP contribution >= 0.6 is 0 Å². The van der Waals surface area contributed by atoms with Crippen molar-refractivity contribution in [1.29, 1.82) is 0 Å². The van der Waals surface area contributed by atoms with Gasteiger partial charge in [-0.2, -0.15) is 0 Å². The Morgan fingerprint density at radius 1 is 1.29 bits per heavy atom. The van der Waals surface area contributed by atoms with Gasteiger partial charge in [0, 0.05) is 0 Å². The van der Waals surface area contributed by atoms with Crippen LogP contribution in [0.5, 0.6) is 0 Å². The van der Waals surface area contributed by atoms with Gasteiger partial charge in [-0.15, -0.1) is 0 Å². The average Bonchev–Trinajstić information content (AvgIpc) is 3.00. The number of rotatable bonds is 1. The molecular weight excluding hydrogens is 216 g/mol. The van der Waals surface area contributed by atoms with Gasteiger partial charge in [-0.3, -0.25) is 4.79 Å². The lowest BCUT2D eigenvalue weighted by Gasteiger charge is -2.23. The van der Waals surface area contributed by atoms with Crippen molar-refractivity contribution in [3.05, 3.63) is 35.9 Å². The van der Waals surface area contributed by atoms with Crippen LogP contribution in [-0.4, -0.2) is 23.8 Å². The highest BCUT2D eigenvalue weighted by atomic mass is 16.6. The number of fused-ring (bicyclic) bond motifs is 5. The van der Waals surface area contributed by atoms with Gasteiger partial charge in [0.1, 0.15) is 0 Å². The lowest BCUT2D eigenvalue weighted by atomic mass is 9.85. The maximum absolute atomic E-state index is 11.7. The van der Waals surface area contributed by atoms with Crippen molar-refractivity contribution in [1.82, 2.24) is 5.32 Å². The van der Waals surface area contributed by atoms with Crippen molar-refractivity contribution in [3.8, 4) is 0 Å². The Labute approximate surface area is 98.6 Å². The molecule has 1 saturated heterocycles. The predicted octanol–water partition coefficient (Wildman–Crippen LogP) is 0.924. The number of oxime groups is 1. The summed E-state index contributed by atoms with van der Waals surface area (Å²) in [5, 5.41) is 7.15. The van der Waals surface area contributed by atoms with Gasteiger partial charge in [0.05, 0.1) is 23.6 Å². The van der Waals surface area contributed by atoms with Gasteiger partial charge in [0.25, 0.3) is 0 Å². The first-order valence-corrected chi connectivity index (χ1v) is 5.94. The van der Waals surface area contributed by atoms with Crippen LogP contribution in [-0.2, 0) is 9.63 Å². The van der Waals surface area contributed by atoms with Crippen LogP contribution in [0.1, 0.15) is 12.0 Å². The Bertz CT molecular complexity index is 511. The van der Waals surface area contributed by atoms with Crippen molar-refractivity contribution < 1.29 is 9.63 Å². The Balaban J connectivity index is 1.74. The molecule has 4 nitrogen and oxygen atoms in total. The molecule has 2 aliphatic heterocycles. The lowest BCUT2D eigenvalue weighted by molar-refractivity contribution is -0.126. The predicted molar refractivity (Wildman–Crippen MR) is 61.4 cm³/mol. The zero-order chi connectivity index (χ0) is 11.4. The molecule has 1 aromatic rings. The fraction of sp³-hybridized carbons (Fsp3) is 0.385. The van der Waals surface area contributed by atoms with Gasteiger partial charge in [-0.05, 0) is 12.0 Å². The molecule has 2 bridgehead atoms. The molecule has 4 heteroatoms. The Hall–Kier alpha value is -1.84. The van der Waals surface area contributed by atoms with Crippen molar-refractivity contribution in [2.75, 3.05) is 0 Å². The van der Waals surface area contributed by atoms with Crippen molar-refractivity contribution >= 4 is 11.6 Å². The van der Waals surface area contributed by atoms with E-state index in [1.54, 1.807) is 0 Å². The van der Waals surface area contributed by atoms with E-state index in [0.29, 0.717) is 0 Å². The molecule has 1 amide bonds. The molecule has 1 aliphatic carbocycles. The first-order chi connectivity index (χ1) is 8.34. The van der Waals surface area contributed by atoms with E-state index >= 15 is 0 Å². The zero-order valence-corrected chi connectivity index (χ0v) is 9.17. The second kappa shape index (κ2) is 3.09. The number of nitrogens with one attached hydrogen (secondary N) is 1. The normalized spacial score (nSPS) is 37.4. The van der Waals surface area contributed by atoms with Crippen LogP contribution in [0, 0.1) is 11.8 Å². The molecule has 0 radical (unpaired) electrons. The van der Waals surface area contributed by atoms with E-state index in [-0.39, 0.29) is 29.9 Å². The smallest absolute Gasteiger partial charge is 0.224 e. The summed E-state index contributed by atoms with van der Waals surface area (Å²) in [6, 6.07) is 10.1. The average molecular weight is 228 g/mol. The summed E-state index contributed by atoms with van der Waals surface area (Å²) in [5.74, 6) is 0.355. The number of nitrogens with zero attached hydrogens (tertiary/aromatic N) is 1. The van der Waals surface area contributed by atoms with Crippen LogP contribution in [0.2, 0.25) is 0 Å². The number of amides is 1. The fourth-order valence-electron chi connectivity index (χ4n) is 3.25. The first kappa shape index (κ1) is 9.22. The summed E-state index contributed by atoms with van der Waals surface area (Å²) >= 11 is 0. The minimum absolute atomic E-state index is 0.0476. The third kappa shape index (κ3) is 1.12. The van der Waals surface area contributed by atoms with E-state index in [0.717, 1.165) is 17.7 Å². The van der Waals surface area contributed by atoms with E-state index in [9.17, 15) is 4.79 Å². The summed E-state index contributed by atoms with van der Waals surface area (Å²) in [7, 11) is 0. The molecular formula is C13H12N2O2. The van der Waals surface area contributed by atoms with E-state index in [2.05, 4.69) is 10.5 Å². The number of carbonyl (C=O) groups excluding carboxylic acids is 1. The molecule has 4 atom stereocenters. The maximum Gasteiger partial charge on any atom is 0.224 e. The van der Waals surface area contributed by atoms with Crippen LogP contribution < -0.4 is 5.32 Å². The van der Waals surface area contributed by atoms with Gasteiger partial charge >= 0.3 is 0 Å². The molecule has 86 valence electrons. The molecule has 2 fully saturated rings. The maximum atomic E-state index is 11.7. The van der Waals surface area contributed by atoms with E-state index in [1.807, 2.05) is 30.3 Å². The Morgan fingerprint density at radius 3 is 2.94 bits per heavy atom. The Morgan fingerprint density at radius 2 is 2.12 bits per heavy atom. The summed E-state index contributed by atoms with van der Waals surface area (Å²) in [4.78, 5) is 17.2. The van der Waals surface area contributed by atoms with Crippen LogP contribution in [0.15, 0.2) is 35.5 Å². The molecule has 3 aliphatic rings. The van der Waals surface area contributed by atoms with Crippen molar-refractivity contribution in [2.24, 2.45) is 17.0 Å². The second-order valence-electron chi connectivity index (χ2n) is 4.90. The van der Waals surface area contributed by atoms with Crippen molar-refractivity contribution in [3.63, 3.8) is 0 Å². The SMILES string of the molecule is O=C1N[C@H]2C[C@@H]1[C@@H]1C(c3ccccc3)=NO[C@@H]12. The highest BCUT2D eigenvalue weighted by Gasteiger charge is 2.58. The van der Waals surface area contributed by atoms with E-state index in [1.165, 1.54) is 0 Å². The topological polar surface area (TPSA) is 50.7 Å².